The SMILES string of the molecule is CN(CCOc1nccnc1NS(=O)(=O)c1ccc(Cl)cc1)c1ccccc1. The van der Waals surface area contributed by atoms with E-state index in [4.69, 9.17) is 16.3 Å². The average molecular weight is 419 g/mol. The fraction of sp³-hybridized carbons (Fsp3) is 0.158. The van der Waals surface area contributed by atoms with Crippen LogP contribution in [0.4, 0.5) is 11.5 Å². The molecule has 0 amide bonds. The number of nitrogens with zero attached hydrogens (tertiary/aromatic N) is 3. The number of aromatic nitrogens is 2. The molecular formula is C19H19ClN4O3S. The predicted molar refractivity (Wildman–Crippen MR) is 109 cm³/mol. The summed E-state index contributed by atoms with van der Waals surface area (Å²) in [6.45, 7) is 0.893. The highest BCUT2D eigenvalue weighted by atomic mass is 35.5. The molecule has 0 aliphatic heterocycles. The third kappa shape index (κ3) is 5.11. The number of ether oxygens (including phenoxy) is 1. The van der Waals surface area contributed by atoms with Crippen LogP contribution in [0.25, 0.3) is 0 Å². The van der Waals surface area contributed by atoms with Gasteiger partial charge >= 0.3 is 0 Å². The van der Waals surface area contributed by atoms with E-state index in [1.165, 1.54) is 36.7 Å². The number of para-hydroxylation sites is 1. The first kappa shape index (κ1) is 19.9. The van der Waals surface area contributed by atoms with Crippen molar-refractivity contribution in [1.29, 1.82) is 0 Å². The lowest BCUT2D eigenvalue weighted by Crippen LogP contribution is -2.24. The molecule has 1 N–H and O–H groups in total. The quantitative estimate of drug-likeness (QED) is 0.603. The topological polar surface area (TPSA) is 84.4 Å². The molecule has 0 bridgehead atoms. The zero-order valence-electron chi connectivity index (χ0n) is 15.1. The van der Waals surface area contributed by atoms with Crippen molar-refractivity contribution in [3.63, 3.8) is 0 Å². The van der Waals surface area contributed by atoms with Gasteiger partial charge in [-0.3, -0.25) is 4.72 Å². The molecule has 0 spiro atoms. The molecule has 0 saturated carbocycles. The number of likely N-dealkylation sites (N-methyl/N-ethyl adjacent to an activating group) is 1. The van der Waals surface area contributed by atoms with Crippen molar-refractivity contribution in [2.45, 2.75) is 4.90 Å². The molecule has 0 saturated heterocycles. The highest BCUT2D eigenvalue weighted by Gasteiger charge is 2.18. The molecule has 0 atom stereocenters. The zero-order valence-corrected chi connectivity index (χ0v) is 16.7. The van der Waals surface area contributed by atoms with Crippen LogP contribution in [-0.4, -0.2) is 38.6 Å². The van der Waals surface area contributed by atoms with Crippen LogP contribution in [0.15, 0.2) is 71.9 Å². The van der Waals surface area contributed by atoms with Crippen LogP contribution in [0.1, 0.15) is 0 Å². The lowest BCUT2D eigenvalue weighted by molar-refractivity contribution is 0.314. The highest BCUT2D eigenvalue weighted by molar-refractivity contribution is 7.92. The molecule has 2 aromatic carbocycles. The number of nitrogens with one attached hydrogen (secondary N) is 1. The normalized spacial score (nSPS) is 11.1. The molecule has 0 aliphatic rings. The molecule has 28 heavy (non-hydrogen) atoms. The van der Waals surface area contributed by atoms with Gasteiger partial charge in [0, 0.05) is 30.2 Å². The van der Waals surface area contributed by atoms with Crippen LogP contribution in [0, 0.1) is 0 Å². The molecule has 0 unspecified atom stereocenters. The highest BCUT2D eigenvalue weighted by Crippen LogP contribution is 2.22. The van der Waals surface area contributed by atoms with Crippen molar-refractivity contribution < 1.29 is 13.2 Å². The zero-order chi connectivity index (χ0) is 20.0. The predicted octanol–water partition coefficient (Wildman–Crippen LogP) is 3.45. The first-order chi connectivity index (χ1) is 13.5. The minimum Gasteiger partial charge on any atom is -0.473 e. The first-order valence-electron chi connectivity index (χ1n) is 8.44. The van der Waals surface area contributed by atoms with Crippen molar-refractivity contribution >= 4 is 33.1 Å². The Bertz CT molecular complexity index is 1010. The Hall–Kier alpha value is -2.84. The third-order valence-corrected chi connectivity index (χ3v) is 5.49. The Labute approximate surface area is 169 Å². The van der Waals surface area contributed by atoms with Gasteiger partial charge in [-0.25, -0.2) is 18.4 Å². The molecule has 1 heterocycles. The summed E-state index contributed by atoms with van der Waals surface area (Å²) < 4.78 is 33.2. The van der Waals surface area contributed by atoms with Gasteiger partial charge < -0.3 is 9.64 Å². The second-order valence-corrected chi connectivity index (χ2v) is 7.99. The van der Waals surface area contributed by atoms with Gasteiger partial charge in [0.1, 0.15) is 6.61 Å². The smallest absolute Gasteiger partial charge is 0.263 e. The van der Waals surface area contributed by atoms with E-state index in [0.717, 1.165) is 5.69 Å². The minimum absolute atomic E-state index is 0.0276. The summed E-state index contributed by atoms with van der Waals surface area (Å²) in [5.74, 6) is 0.140. The number of benzene rings is 2. The van der Waals surface area contributed by atoms with E-state index >= 15 is 0 Å². The summed E-state index contributed by atoms with van der Waals surface area (Å²) in [6, 6.07) is 15.7. The summed E-state index contributed by atoms with van der Waals surface area (Å²) in [7, 11) is -1.89. The van der Waals surface area contributed by atoms with Gasteiger partial charge in [-0.1, -0.05) is 29.8 Å². The van der Waals surface area contributed by atoms with Gasteiger partial charge in [-0.15, -0.1) is 0 Å². The Kier molecular flexibility index (Phi) is 6.33. The maximum Gasteiger partial charge on any atom is 0.263 e. The molecule has 1 aromatic heterocycles. The maximum atomic E-state index is 12.5. The van der Waals surface area contributed by atoms with Gasteiger partial charge in [0.25, 0.3) is 15.9 Å². The number of halogens is 1. The largest absolute Gasteiger partial charge is 0.473 e. The van der Waals surface area contributed by atoms with Crippen LogP contribution in [-0.2, 0) is 10.0 Å². The van der Waals surface area contributed by atoms with Crippen molar-refractivity contribution in [3.8, 4) is 5.88 Å². The van der Waals surface area contributed by atoms with Crippen LogP contribution < -0.4 is 14.4 Å². The molecule has 0 fully saturated rings. The minimum atomic E-state index is -3.84. The Balaban J connectivity index is 1.67. The monoisotopic (exact) mass is 418 g/mol. The Morgan fingerprint density at radius 1 is 1.04 bits per heavy atom. The van der Waals surface area contributed by atoms with Crippen molar-refractivity contribution in [2.24, 2.45) is 0 Å². The molecular weight excluding hydrogens is 400 g/mol. The number of hydrogen-bond acceptors (Lipinski definition) is 6. The molecule has 0 radical (unpaired) electrons. The van der Waals surface area contributed by atoms with Crippen molar-refractivity contribution in [2.75, 3.05) is 29.8 Å². The number of rotatable bonds is 8. The molecule has 3 aromatic rings. The standard InChI is InChI=1S/C19H19ClN4O3S/c1-24(16-5-3-2-4-6-16)13-14-27-19-18(21-11-12-22-19)23-28(25,26)17-9-7-15(20)8-10-17/h2-12H,13-14H2,1H3,(H,21,23). The van der Waals surface area contributed by atoms with Crippen molar-refractivity contribution in [1.82, 2.24) is 9.97 Å². The van der Waals surface area contributed by atoms with E-state index in [1.807, 2.05) is 42.3 Å². The van der Waals surface area contributed by atoms with E-state index in [2.05, 4.69) is 14.7 Å². The lowest BCUT2D eigenvalue weighted by atomic mass is 10.3. The van der Waals surface area contributed by atoms with E-state index in [9.17, 15) is 8.42 Å². The van der Waals surface area contributed by atoms with Crippen LogP contribution in [0.2, 0.25) is 5.02 Å². The van der Waals surface area contributed by atoms with E-state index in [-0.39, 0.29) is 16.6 Å². The molecule has 9 heteroatoms. The fourth-order valence-corrected chi connectivity index (χ4v) is 3.52. The average Bonchev–Trinajstić information content (AvgIpc) is 2.70. The second-order valence-electron chi connectivity index (χ2n) is 5.88. The summed E-state index contributed by atoms with van der Waals surface area (Å²) in [5.41, 5.74) is 1.05. The first-order valence-corrected chi connectivity index (χ1v) is 10.3. The third-order valence-electron chi connectivity index (χ3n) is 3.88. The molecule has 146 valence electrons. The molecule has 0 aliphatic carbocycles. The fourth-order valence-electron chi connectivity index (χ4n) is 2.39. The molecule has 7 nitrogen and oxygen atoms in total. The Morgan fingerprint density at radius 3 is 2.43 bits per heavy atom. The van der Waals surface area contributed by atoms with Crippen LogP contribution in [0.3, 0.4) is 0 Å². The van der Waals surface area contributed by atoms with Gasteiger partial charge in [0.05, 0.1) is 11.4 Å². The van der Waals surface area contributed by atoms with Gasteiger partial charge in [-0.05, 0) is 36.4 Å². The Morgan fingerprint density at radius 2 is 1.71 bits per heavy atom. The lowest BCUT2D eigenvalue weighted by Gasteiger charge is -2.19. The number of hydrogen-bond donors (Lipinski definition) is 1. The molecule has 3 rings (SSSR count). The number of sulfonamides is 1. The maximum absolute atomic E-state index is 12.5. The van der Waals surface area contributed by atoms with Gasteiger partial charge in [0.2, 0.25) is 5.82 Å². The van der Waals surface area contributed by atoms with E-state index in [1.54, 1.807) is 0 Å². The van der Waals surface area contributed by atoms with Crippen LogP contribution >= 0.6 is 11.6 Å². The second kappa shape index (κ2) is 8.90. The number of anilines is 2. The summed E-state index contributed by atoms with van der Waals surface area (Å²) in [5, 5.41) is 0.449. The van der Waals surface area contributed by atoms with E-state index < -0.39 is 10.0 Å². The van der Waals surface area contributed by atoms with Crippen LogP contribution in [0.5, 0.6) is 5.88 Å². The summed E-state index contributed by atoms with van der Waals surface area (Å²) in [4.78, 5) is 10.2. The summed E-state index contributed by atoms with van der Waals surface area (Å²) >= 11 is 5.81. The summed E-state index contributed by atoms with van der Waals surface area (Å²) in [6.07, 6.45) is 2.83. The van der Waals surface area contributed by atoms with Gasteiger partial charge in [-0.2, -0.15) is 0 Å². The van der Waals surface area contributed by atoms with Gasteiger partial charge in [0.15, 0.2) is 0 Å². The van der Waals surface area contributed by atoms with Crippen molar-refractivity contribution in [3.05, 3.63) is 72.0 Å². The van der Waals surface area contributed by atoms with E-state index in [0.29, 0.717) is 18.2 Å².